The molecule has 1 atom stereocenters. The van der Waals surface area contributed by atoms with Crippen LogP contribution >= 0.6 is 0 Å². The maximum absolute atomic E-state index is 12.2. The highest BCUT2D eigenvalue weighted by Crippen LogP contribution is 2.15. The molecule has 0 saturated carbocycles. The smallest absolute Gasteiger partial charge is 0.234 e. The summed E-state index contributed by atoms with van der Waals surface area (Å²) in [5.74, 6) is 0.459. The molecule has 0 saturated heterocycles. The minimum atomic E-state index is -0.267. The molecule has 0 spiro atoms. The number of benzene rings is 1. The van der Waals surface area contributed by atoms with Crippen LogP contribution in [-0.4, -0.2) is 42.4 Å². The molecule has 0 fully saturated rings. The Morgan fingerprint density at radius 3 is 2.04 bits per heavy atom. The lowest BCUT2D eigenvalue weighted by Gasteiger charge is -2.23. The van der Waals surface area contributed by atoms with E-state index in [1.807, 2.05) is 27.7 Å². The topological polar surface area (TPSA) is 61.4 Å². The second-order valence-corrected chi connectivity index (χ2v) is 8.60. The van der Waals surface area contributed by atoms with E-state index in [4.69, 9.17) is 0 Å². The van der Waals surface area contributed by atoms with Gasteiger partial charge in [0.15, 0.2) is 0 Å². The molecule has 2 N–H and O–H groups in total. The lowest BCUT2D eigenvalue weighted by Crippen LogP contribution is -2.47. The van der Waals surface area contributed by atoms with Gasteiger partial charge in [-0.25, -0.2) is 0 Å². The molecule has 5 heteroatoms. The van der Waals surface area contributed by atoms with Gasteiger partial charge in [0.05, 0.1) is 19.1 Å². The summed E-state index contributed by atoms with van der Waals surface area (Å²) in [6.45, 7) is 12.6. The highest BCUT2D eigenvalue weighted by atomic mass is 16.2. The van der Waals surface area contributed by atoms with Gasteiger partial charge in [-0.1, -0.05) is 38.1 Å². The lowest BCUT2D eigenvalue weighted by molar-refractivity contribution is -0.125. The van der Waals surface area contributed by atoms with Crippen LogP contribution in [-0.2, 0) is 16.0 Å². The Balaban J connectivity index is 2.47. The van der Waals surface area contributed by atoms with E-state index in [-0.39, 0.29) is 36.5 Å². The second-order valence-electron chi connectivity index (χ2n) is 8.60. The number of nitrogens with one attached hydrogen (secondary N) is 2. The van der Waals surface area contributed by atoms with Crippen molar-refractivity contribution in [2.45, 2.75) is 59.5 Å². The van der Waals surface area contributed by atoms with Crippen molar-refractivity contribution in [3.63, 3.8) is 0 Å². The van der Waals surface area contributed by atoms with Gasteiger partial charge in [0.1, 0.15) is 0 Å². The predicted octanol–water partition coefficient (Wildman–Crippen LogP) is 2.91. The monoisotopic (exact) mass is 361 g/mol. The van der Waals surface area contributed by atoms with Gasteiger partial charge in [-0.05, 0) is 58.2 Å². The molecule has 0 radical (unpaired) electrons. The van der Waals surface area contributed by atoms with E-state index in [0.717, 1.165) is 12.0 Å². The molecule has 0 aliphatic rings. The van der Waals surface area contributed by atoms with Crippen molar-refractivity contribution in [1.29, 1.82) is 0 Å². The Morgan fingerprint density at radius 1 is 1.00 bits per heavy atom. The number of carbonyl (C=O) groups is 2. The van der Waals surface area contributed by atoms with Crippen LogP contribution in [0.25, 0.3) is 0 Å². The molecule has 2 amide bonds. The molecule has 1 aromatic rings. The van der Waals surface area contributed by atoms with E-state index in [2.05, 4.69) is 48.7 Å². The first-order valence-corrected chi connectivity index (χ1v) is 9.34. The van der Waals surface area contributed by atoms with Gasteiger partial charge in [0, 0.05) is 5.54 Å². The number of hydrogen-bond donors (Lipinski definition) is 2. The fourth-order valence-corrected chi connectivity index (χ4v) is 2.79. The summed E-state index contributed by atoms with van der Waals surface area (Å²) in [6.07, 6.45) is 1.06. The molecule has 0 aliphatic heterocycles. The molecule has 5 nitrogen and oxygen atoms in total. The highest BCUT2D eigenvalue weighted by molar-refractivity contribution is 5.81. The summed E-state index contributed by atoms with van der Waals surface area (Å²) in [5, 5.41) is 5.89. The van der Waals surface area contributed by atoms with Crippen LogP contribution in [0.2, 0.25) is 0 Å². The summed E-state index contributed by atoms with van der Waals surface area (Å²) in [6, 6.07) is 8.33. The Bertz CT molecular complexity index is 588. The minimum absolute atomic E-state index is 0.0626. The Kier molecular flexibility index (Phi) is 8.28. The molecule has 0 aromatic heterocycles. The van der Waals surface area contributed by atoms with E-state index in [1.54, 1.807) is 11.9 Å². The van der Waals surface area contributed by atoms with Crippen molar-refractivity contribution in [3.8, 4) is 0 Å². The van der Waals surface area contributed by atoms with Crippen LogP contribution < -0.4 is 10.6 Å². The van der Waals surface area contributed by atoms with Crippen LogP contribution in [0.5, 0.6) is 0 Å². The van der Waals surface area contributed by atoms with E-state index in [9.17, 15) is 9.59 Å². The number of likely N-dealkylation sites (N-methyl/N-ethyl adjacent to an activating group) is 1. The van der Waals surface area contributed by atoms with Crippen molar-refractivity contribution < 1.29 is 9.59 Å². The first-order valence-electron chi connectivity index (χ1n) is 9.34. The lowest BCUT2D eigenvalue weighted by atomic mass is 10.00. The third kappa shape index (κ3) is 8.99. The molecule has 0 bridgehead atoms. The third-order valence-corrected chi connectivity index (χ3v) is 3.84. The summed E-state index contributed by atoms with van der Waals surface area (Å²) in [5.41, 5.74) is 2.13. The van der Waals surface area contributed by atoms with Crippen molar-refractivity contribution >= 4 is 11.8 Å². The molecule has 26 heavy (non-hydrogen) atoms. The van der Waals surface area contributed by atoms with E-state index in [0.29, 0.717) is 5.92 Å². The van der Waals surface area contributed by atoms with Gasteiger partial charge in [0.25, 0.3) is 0 Å². The van der Waals surface area contributed by atoms with Gasteiger partial charge in [-0.15, -0.1) is 0 Å². The minimum Gasteiger partial charge on any atom is -0.350 e. The van der Waals surface area contributed by atoms with E-state index in [1.165, 1.54) is 5.56 Å². The van der Waals surface area contributed by atoms with Gasteiger partial charge in [-0.2, -0.15) is 0 Å². The van der Waals surface area contributed by atoms with Crippen LogP contribution in [0, 0.1) is 5.92 Å². The zero-order chi connectivity index (χ0) is 19.9. The summed E-state index contributed by atoms with van der Waals surface area (Å²) < 4.78 is 0. The van der Waals surface area contributed by atoms with E-state index >= 15 is 0 Å². The maximum atomic E-state index is 12.2. The van der Waals surface area contributed by atoms with Crippen LogP contribution in [0.1, 0.15) is 58.7 Å². The van der Waals surface area contributed by atoms with Gasteiger partial charge >= 0.3 is 0 Å². The summed E-state index contributed by atoms with van der Waals surface area (Å²) >= 11 is 0. The van der Waals surface area contributed by atoms with Crippen molar-refractivity contribution in [1.82, 2.24) is 15.5 Å². The molecule has 0 aliphatic carbocycles. The molecule has 146 valence electrons. The fraction of sp³-hybridized carbons (Fsp3) is 0.619. The van der Waals surface area contributed by atoms with E-state index < -0.39 is 0 Å². The number of nitrogens with zero attached hydrogens (tertiary/aromatic N) is 1. The average Bonchev–Trinajstić information content (AvgIpc) is 2.44. The zero-order valence-electron chi connectivity index (χ0n) is 17.3. The van der Waals surface area contributed by atoms with Crippen LogP contribution in [0.4, 0.5) is 0 Å². The molecule has 1 aromatic carbocycles. The standard InChI is InChI=1S/C21H35N3O2/c1-15(2)12-17-8-10-18(11-9-17)16(3)22-19(25)13-24(7)14-20(26)23-21(4,5)6/h8-11,15-16H,12-14H2,1-7H3,(H,22,25)(H,23,26)/t16-/m0/s1. The molecular weight excluding hydrogens is 326 g/mol. The zero-order valence-corrected chi connectivity index (χ0v) is 17.3. The fourth-order valence-electron chi connectivity index (χ4n) is 2.79. The second kappa shape index (κ2) is 9.72. The van der Waals surface area contributed by atoms with Crippen LogP contribution in [0.15, 0.2) is 24.3 Å². The van der Waals surface area contributed by atoms with Crippen molar-refractivity contribution in [2.75, 3.05) is 20.1 Å². The third-order valence-electron chi connectivity index (χ3n) is 3.84. The largest absolute Gasteiger partial charge is 0.350 e. The van der Waals surface area contributed by atoms with Crippen molar-refractivity contribution in [2.24, 2.45) is 5.92 Å². The SMILES string of the molecule is CC(C)Cc1ccc([C@H](C)NC(=O)CN(C)CC(=O)NC(C)(C)C)cc1. The highest BCUT2D eigenvalue weighted by Gasteiger charge is 2.17. The predicted molar refractivity (Wildman–Crippen MR) is 107 cm³/mol. The summed E-state index contributed by atoms with van der Waals surface area (Å²) in [4.78, 5) is 25.9. The van der Waals surface area contributed by atoms with Crippen molar-refractivity contribution in [3.05, 3.63) is 35.4 Å². The first-order chi connectivity index (χ1) is 12.0. The Morgan fingerprint density at radius 2 is 1.54 bits per heavy atom. The maximum Gasteiger partial charge on any atom is 0.234 e. The number of amides is 2. The average molecular weight is 362 g/mol. The molecule has 0 heterocycles. The molecule has 1 rings (SSSR count). The van der Waals surface area contributed by atoms with Crippen LogP contribution in [0.3, 0.4) is 0 Å². The molecule has 0 unspecified atom stereocenters. The van der Waals surface area contributed by atoms with Gasteiger partial charge in [-0.3, -0.25) is 14.5 Å². The number of hydrogen-bond acceptors (Lipinski definition) is 3. The Labute approximate surface area is 158 Å². The summed E-state index contributed by atoms with van der Waals surface area (Å²) in [7, 11) is 1.77. The molecular formula is C21H35N3O2. The van der Waals surface area contributed by atoms with Gasteiger partial charge in [0.2, 0.25) is 11.8 Å². The number of carbonyl (C=O) groups excluding carboxylic acids is 2. The first kappa shape index (κ1) is 22.2. The quantitative estimate of drug-likeness (QED) is 0.748. The Hall–Kier alpha value is -1.88. The number of rotatable bonds is 8. The normalized spacial score (nSPS) is 13.0. The van der Waals surface area contributed by atoms with Gasteiger partial charge < -0.3 is 10.6 Å².